The van der Waals surface area contributed by atoms with Crippen LogP contribution in [0.15, 0.2) is 23.4 Å². The number of hydrogen-bond donors (Lipinski definition) is 0. The maximum Gasteiger partial charge on any atom is 0.191 e. The average molecular weight is 385 g/mol. The van der Waals surface area contributed by atoms with Crippen LogP contribution in [0.4, 0.5) is 4.39 Å². The summed E-state index contributed by atoms with van der Waals surface area (Å²) in [5, 5.41) is 10.2. The molecule has 0 aliphatic carbocycles. The van der Waals surface area contributed by atoms with Gasteiger partial charge >= 0.3 is 0 Å². The molecular weight excluding hydrogens is 359 g/mol. The lowest BCUT2D eigenvalue weighted by Gasteiger charge is -2.23. The number of unbranched alkanes of at least 4 members (excludes halogenated alkanes) is 1. The molecule has 0 saturated heterocycles. The van der Waals surface area contributed by atoms with E-state index in [2.05, 4.69) is 47.6 Å². The van der Waals surface area contributed by atoms with Gasteiger partial charge in [0.05, 0.1) is 6.04 Å². The van der Waals surface area contributed by atoms with Gasteiger partial charge in [-0.15, -0.1) is 10.2 Å². The highest BCUT2D eigenvalue weighted by Gasteiger charge is 2.21. The SMILES string of the molecule is CCCCn1c(SCc2ccc(F)cc2Cl)nnc1C(CC)N(C)C. The van der Waals surface area contributed by atoms with E-state index in [1.165, 1.54) is 12.1 Å². The molecule has 0 aliphatic heterocycles. The van der Waals surface area contributed by atoms with Crippen molar-refractivity contribution in [2.45, 2.75) is 56.6 Å². The fourth-order valence-corrected chi connectivity index (χ4v) is 4.03. The normalized spacial score (nSPS) is 12.8. The van der Waals surface area contributed by atoms with Gasteiger partial charge < -0.3 is 4.57 Å². The first-order valence-corrected chi connectivity index (χ1v) is 10.0. The van der Waals surface area contributed by atoms with Gasteiger partial charge in [-0.1, -0.05) is 49.7 Å². The first-order valence-electron chi connectivity index (χ1n) is 8.64. The molecule has 1 unspecified atom stereocenters. The van der Waals surface area contributed by atoms with E-state index in [0.717, 1.165) is 42.4 Å². The lowest BCUT2D eigenvalue weighted by molar-refractivity contribution is 0.270. The van der Waals surface area contributed by atoms with Crippen LogP contribution in [0, 0.1) is 5.82 Å². The number of hydrogen-bond acceptors (Lipinski definition) is 4. The Hall–Kier alpha value is -1.11. The summed E-state index contributed by atoms with van der Waals surface area (Å²) in [6.07, 6.45) is 3.18. The summed E-state index contributed by atoms with van der Waals surface area (Å²) in [4.78, 5) is 2.18. The molecule has 2 aromatic rings. The quantitative estimate of drug-likeness (QED) is 0.558. The van der Waals surface area contributed by atoms with E-state index in [-0.39, 0.29) is 11.9 Å². The molecule has 0 fully saturated rings. The van der Waals surface area contributed by atoms with Gasteiger partial charge in [0, 0.05) is 17.3 Å². The molecule has 0 aliphatic rings. The van der Waals surface area contributed by atoms with Crippen molar-refractivity contribution < 1.29 is 4.39 Å². The second kappa shape index (κ2) is 9.55. The van der Waals surface area contributed by atoms with Gasteiger partial charge in [0.25, 0.3) is 0 Å². The largest absolute Gasteiger partial charge is 0.305 e. The van der Waals surface area contributed by atoms with Crippen LogP contribution >= 0.6 is 23.4 Å². The smallest absolute Gasteiger partial charge is 0.191 e. The second-order valence-electron chi connectivity index (χ2n) is 6.26. The number of benzene rings is 1. The molecule has 25 heavy (non-hydrogen) atoms. The van der Waals surface area contributed by atoms with Crippen molar-refractivity contribution in [1.82, 2.24) is 19.7 Å². The van der Waals surface area contributed by atoms with Crippen LogP contribution in [0.2, 0.25) is 5.02 Å². The highest BCUT2D eigenvalue weighted by Crippen LogP contribution is 2.29. The first-order chi connectivity index (χ1) is 12.0. The highest BCUT2D eigenvalue weighted by molar-refractivity contribution is 7.98. The molecule has 0 saturated carbocycles. The average Bonchev–Trinajstić information content (AvgIpc) is 2.95. The van der Waals surface area contributed by atoms with Crippen LogP contribution in [0.3, 0.4) is 0 Å². The van der Waals surface area contributed by atoms with Crippen molar-refractivity contribution >= 4 is 23.4 Å². The standard InChI is InChI=1S/C18H26ClFN4S/c1-5-7-10-24-17(16(6-2)23(3)4)21-22-18(24)25-12-13-8-9-14(20)11-15(13)19/h8-9,11,16H,5-7,10,12H2,1-4H3. The predicted molar refractivity (Wildman–Crippen MR) is 103 cm³/mol. The minimum Gasteiger partial charge on any atom is -0.305 e. The van der Waals surface area contributed by atoms with Crippen molar-refractivity contribution in [3.8, 4) is 0 Å². The van der Waals surface area contributed by atoms with Crippen LogP contribution in [0.25, 0.3) is 0 Å². The summed E-state index contributed by atoms with van der Waals surface area (Å²) >= 11 is 7.73. The molecule has 7 heteroatoms. The van der Waals surface area contributed by atoms with E-state index in [1.54, 1.807) is 17.8 Å². The second-order valence-corrected chi connectivity index (χ2v) is 7.61. The highest BCUT2D eigenvalue weighted by atomic mass is 35.5. The van der Waals surface area contributed by atoms with Gasteiger partial charge in [-0.3, -0.25) is 4.90 Å². The third kappa shape index (κ3) is 5.19. The first kappa shape index (κ1) is 20.2. The topological polar surface area (TPSA) is 34.0 Å². The van der Waals surface area contributed by atoms with Crippen molar-refractivity contribution in [2.24, 2.45) is 0 Å². The fourth-order valence-electron chi connectivity index (χ4n) is 2.74. The van der Waals surface area contributed by atoms with E-state index in [1.807, 2.05) is 0 Å². The maximum absolute atomic E-state index is 13.2. The monoisotopic (exact) mass is 384 g/mol. The Morgan fingerprint density at radius 2 is 2.04 bits per heavy atom. The summed E-state index contributed by atoms with van der Waals surface area (Å²) in [5.74, 6) is 1.33. The molecule has 0 amide bonds. The van der Waals surface area contributed by atoms with E-state index >= 15 is 0 Å². The van der Waals surface area contributed by atoms with Crippen LogP contribution in [0.1, 0.15) is 50.5 Å². The summed E-state index contributed by atoms with van der Waals surface area (Å²) in [7, 11) is 4.14. The number of rotatable bonds is 9. The molecule has 1 aromatic carbocycles. The Balaban J connectivity index is 2.22. The fraction of sp³-hybridized carbons (Fsp3) is 0.556. The molecule has 0 spiro atoms. The van der Waals surface area contributed by atoms with E-state index < -0.39 is 0 Å². The van der Waals surface area contributed by atoms with E-state index in [0.29, 0.717) is 10.8 Å². The van der Waals surface area contributed by atoms with Gasteiger partial charge in [0.1, 0.15) is 5.82 Å². The van der Waals surface area contributed by atoms with Gasteiger partial charge in [-0.25, -0.2) is 4.39 Å². The molecule has 1 heterocycles. The summed E-state index contributed by atoms with van der Waals surface area (Å²) < 4.78 is 15.4. The molecule has 138 valence electrons. The van der Waals surface area contributed by atoms with Gasteiger partial charge in [0.2, 0.25) is 0 Å². The zero-order chi connectivity index (χ0) is 18.4. The number of nitrogens with zero attached hydrogens (tertiary/aromatic N) is 4. The molecule has 1 aromatic heterocycles. The Kier molecular flexibility index (Phi) is 7.72. The number of halogens is 2. The zero-order valence-electron chi connectivity index (χ0n) is 15.3. The third-order valence-electron chi connectivity index (χ3n) is 4.16. The molecule has 0 radical (unpaired) electrons. The summed E-state index contributed by atoms with van der Waals surface area (Å²) in [5.41, 5.74) is 0.902. The lowest BCUT2D eigenvalue weighted by Crippen LogP contribution is -2.23. The van der Waals surface area contributed by atoms with Gasteiger partial charge in [-0.2, -0.15) is 0 Å². The Morgan fingerprint density at radius 1 is 1.28 bits per heavy atom. The minimum absolute atomic E-state index is 0.244. The third-order valence-corrected chi connectivity index (χ3v) is 5.53. The molecular formula is C18H26ClFN4S. The van der Waals surface area contributed by atoms with Crippen molar-refractivity contribution in [3.05, 3.63) is 40.4 Å². The Morgan fingerprint density at radius 3 is 2.64 bits per heavy atom. The van der Waals surface area contributed by atoms with Crippen molar-refractivity contribution in [2.75, 3.05) is 14.1 Å². The van der Waals surface area contributed by atoms with Crippen molar-refractivity contribution in [1.29, 1.82) is 0 Å². The van der Waals surface area contributed by atoms with Crippen LogP contribution in [-0.2, 0) is 12.3 Å². The van der Waals surface area contributed by atoms with E-state index in [9.17, 15) is 4.39 Å². The van der Waals surface area contributed by atoms with Crippen LogP contribution in [0.5, 0.6) is 0 Å². The summed E-state index contributed by atoms with van der Waals surface area (Å²) in [6.45, 7) is 5.25. The molecule has 0 bridgehead atoms. The lowest BCUT2D eigenvalue weighted by atomic mass is 10.2. The Labute approximate surface area is 158 Å². The van der Waals surface area contributed by atoms with Gasteiger partial charge in [-0.05, 0) is 44.6 Å². The minimum atomic E-state index is -0.316. The van der Waals surface area contributed by atoms with Crippen molar-refractivity contribution in [3.63, 3.8) is 0 Å². The van der Waals surface area contributed by atoms with Crippen LogP contribution < -0.4 is 0 Å². The zero-order valence-corrected chi connectivity index (χ0v) is 16.9. The predicted octanol–water partition coefficient (Wildman–Crippen LogP) is 5.18. The number of thioether (sulfide) groups is 1. The summed E-state index contributed by atoms with van der Waals surface area (Å²) in [6, 6.07) is 4.76. The van der Waals surface area contributed by atoms with Crippen LogP contribution in [-0.4, -0.2) is 33.8 Å². The molecule has 4 nitrogen and oxygen atoms in total. The van der Waals surface area contributed by atoms with E-state index in [4.69, 9.17) is 11.6 Å². The maximum atomic E-state index is 13.2. The van der Waals surface area contributed by atoms with Gasteiger partial charge in [0.15, 0.2) is 11.0 Å². The molecule has 0 N–H and O–H groups in total. The molecule has 1 atom stereocenters. The number of aromatic nitrogens is 3. The molecule has 2 rings (SSSR count). The Bertz CT molecular complexity index is 690.